The average molecular weight is 257 g/mol. The van der Waals surface area contributed by atoms with E-state index in [0.29, 0.717) is 5.02 Å². The molecule has 2 aromatic carbocycles. The normalized spacial score (nSPS) is 11.0. The number of halogens is 1. The van der Waals surface area contributed by atoms with Gasteiger partial charge < -0.3 is 4.98 Å². The van der Waals surface area contributed by atoms with Crippen LogP contribution in [0.2, 0.25) is 5.02 Å². The highest BCUT2D eigenvalue weighted by Gasteiger charge is 2.07. The van der Waals surface area contributed by atoms with Crippen molar-refractivity contribution in [1.29, 1.82) is 0 Å². The summed E-state index contributed by atoms with van der Waals surface area (Å²) in [5, 5.41) is 0.709. The molecular formula is C15H13ClN2. The van der Waals surface area contributed by atoms with Gasteiger partial charge in [0.25, 0.3) is 0 Å². The summed E-state index contributed by atoms with van der Waals surface area (Å²) in [4.78, 5) is 7.89. The highest BCUT2D eigenvalue weighted by Crippen LogP contribution is 2.24. The largest absolute Gasteiger partial charge is 0.342 e. The van der Waals surface area contributed by atoms with Gasteiger partial charge in [0, 0.05) is 6.42 Å². The second-order valence-electron chi connectivity index (χ2n) is 4.49. The van der Waals surface area contributed by atoms with Gasteiger partial charge in [-0.25, -0.2) is 4.98 Å². The minimum Gasteiger partial charge on any atom is -0.342 e. The second kappa shape index (κ2) is 4.46. The Labute approximate surface area is 111 Å². The van der Waals surface area contributed by atoms with Crippen LogP contribution in [-0.4, -0.2) is 9.97 Å². The first kappa shape index (κ1) is 11.3. The molecule has 1 heterocycles. The molecule has 0 unspecified atom stereocenters. The number of rotatable bonds is 2. The summed E-state index contributed by atoms with van der Waals surface area (Å²) < 4.78 is 0. The van der Waals surface area contributed by atoms with Crippen molar-refractivity contribution in [1.82, 2.24) is 9.97 Å². The van der Waals surface area contributed by atoms with Crippen molar-refractivity contribution in [2.75, 3.05) is 0 Å². The van der Waals surface area contributed by atoms with Gasteiger partial charge in [0.1, 0.15) is 11.3 Å². The number of H-pyrrole nitrogens is 1. The summed E-state index contributed by atoms with van der Waals surface area (Å²) >= 11 is 6.20. The van der Waals surface area contributed by atoms with E-state index in [1.807, 2.05) is 31.2 Å². The van der Waals surface area contributed by atoms with Crippen LogP contribution in [0.1, 0.15) is 17.0 Å². The maximum absolute atomic E-state index is 6.20. The van der Waals surface area contributed by atoms with E-state index < -0.39 is 0 Å². The predicted molar refractivity (Wildman–Crippen MR) is 75.1 cm³/mol. The van der Waals surface area contributed by atoms with Crippen molar-refractivity contribution in [3.05, 3.63) is 64.4 Å². The third kappa shape index (κ3) is 2.12. The highest BCUT2D eigenvalue weighted by molar-refractivity contribution is 6.35. The fourth-order valence-electron chi connectivity index (χ4n) is 2.13. The molecule has 0 aliphatic carbocycles. The number of hydrogen-bond acceptors (Lipinski definition) is 1. The number of fused-ring (bicyclic) bond motifs is 1. The zero-order valence-electron chi connectivity index (χ0n) is 10.1. The van der Waals surface area contributed by atoms with E-state index in [-0.39, 0.29) is 0 Å². The zero-order chi connectivity index (χ0) is 12.5. The summed E-state index contributed by atoms with van der Waals surface area (Å²) in [6.07, 6.45) is 0.797. The van der Waals surface area contributed by atoms with Gasteiger partial charge in [-0.3, -0.25) is 0 Å². The first-order chi connectivity index (χ1) is 8.72. The number of imidazole rings is 1. The molecule has 3 rings (SSSR count). The topological polar surface area (TPSA) is 28.7 Å². The first-order valence-electron chi connectivity index (χ1n) is 5.91. The van der Waals surface area contributed by atoms with Gasteiger partial charge >= 0.3 is 0 Å². The van der Waals surface area contributed by atoms with Crippen LogP contribution in [0.15, 0.2) is 42.5 Å². The Hall–Kier alpha value is -1.80. The van der Waals surface area contributed by atoms with Crippen LogP contribution in [0, 0.1) is 6.92 Å². The molecule has 18 heavy (non-hydrogen) atoms. The molecule has 0 spiro atoms. The van der Waals surface area contributed by atoms with Gasteiger partial charge in [0.15, 0.2) is 0 Å². The van der Waals surface area contributed by atoms with Gasteiger partial charge in [0.05, 0.1) is 10.5 Å². The Morgan fingerprint density at radius 3 is 2.72 bits per heavy atom. The number of aromatic amines is 1. The van der Waals surface area contributed by atoms with Crippen molar-refractivity contribution in [3.8, 4) is 0 Å². The lowest BCUT2D eigenvalue weighted by Crippen LogP contribution is -1.89. The van der Waals surface area contributed by atoms with Crippen molar-refractivity contribution in [2.45, 2.75) is 13.3 Å². The van der Waals surface area contributed by atoms with Crippen LogP contribution < -0.4 is 0 Å². The minimum atomic E-state index is 0.709. The standard InChI is InChI=1S/C15H13ClN2/c1-10-7-12(16)15-13(8-10)17-14(18-15)9-11-5-3-2-4-6-11/h2-8H,9H2,1H3,(H,17,18). The van der Waals surface area contributed by atoms with Crippen LogP contribution in [0.4, 0.5) is 0 Å². The van der Waals surface area contributed by atoms with Gasteiger partial charge in [-0.15, -0.1) is 0 Å². The molecule has 0 atom stereocenters. The second-order valence-corrected chi connectivity index (χ2v) is 4.90. The van der Waals surface area contributed by atoms with Crippen molar-refractivity contribution in [2.24, 2.45) is 0 Å². The number of nitrogens with zero attached hydrogens (tertiary/aromatic N) is 1. The Balaban J connectivity index is 2.01. The fraction of sp³-hybridized carbons (Fsp3) is 0.133. The lowest BCUT2D eigenvalue weighted by molar-refractivity contribution is 1.04. The SMILES string of the molecule is Cc1cc(Cl)c2nc(Cc3ccccc3)[nH]c2c1. The van der Waals surface area contributed by atoms with E-state index in [4.69, 9.17) is 11.6 Å². The summed E-state index contributed by atoms with van der Waals surface area (Å²) in [6, 6.07) is 14.3. The highest BCUT2D eigenvalue weighted by atomic mass is 35.5. The monoisotopic (exact) mass is 256 g/mol. The molecular weight excluding hydrogens is 244 g/mol. The van der Waals surface area contributed by atoms with E-state index in [1.165, 1.54) is 5.56 Å². The van der Waals surface area contributed by atoms with Crippen molar-refractivity contribution >= 4 is 22.6 Å². The van der Waals surface area contributed by atoms with E-state index in [0.717, 1.165) is 28.8 Å². The fourth-order valence-corrected chi connectivity index (χ4v) is 2.45. The van der Waals surface area contributed by atoms with Crippen LogP contribution >= 0.6 is 11.6 Å². The Morgan fingerprint density at radius 2 is 1.94 bits per heavy atom. The third-order valence-corrected chi connectivity index (χ3v) is 3.24. The van der Waals surface area contributed by atoms with Crippen molar-refractivity contribution in [3.63, 3.8) is 0 Å². The maximum atomic E-state index is 6.20. The van der Waals surface area contributed by atoms with Crippen LogP contribution in [-0.2, 0) is 6.42 Å². The summed E-state index contributed by atoms with van der Waals surface area (Å²) in [6.45, 7) is 2.03. The van der Waals surface area contributed by atoms with Gasteiger partial charge in [-0.1, -0.05) is 41.9 Å². The molecule has 0 amide bonds. The van der Waals surface area contributed by atoms with Gasteiger partial charge in [0.2, 0.25) is 0 Å². The number of aryl methyl sites for hydroxylation is 1. The average Bonchev–Trinajstić information content (AvgIpc) is 2.73. The van der Waals surface area contributed by atoms with Gasteiger partial charge in [-0.05, 0) is 30.2 Å². The summed E-state index contributed by atoms with van der Waals surface area (Å²) in [7, 11) is 0. The van der Waals surface area contributed by atoms with Crippen molar-refractivity contribution < 1.29 is 0 Å². The molecule has 0 saturated carbocycles. The number of hydrogen-bond donors (Lipinski definition) is 1. The maximum Gasteiger partial charge on any atom is 0.111 e. The predicted octanol–water partition coefficient (Wildman–Crippen LogP) is 4.12. The number of benzene rings is 2. The molecule has 0 saturated heterocycles. The molecule has 0 radical (unpaired) electrons. The summed E-state index contributed by atoms with van der Waals surface area (Å²) in [5.74, 6) is 0.948. The number of nitrogens with one attached hydrogen (secondary N) is 1. The van der Waals surface area contributed by atoms with E-state index in [9.17, 15) is 0 Å². The molecule has 0 fully saturated rings. The molecule has 3 heteroatoms. The molecule has 1 N–H and O–H groups in total. The third-order valence-electron chi connectivity index (χ3n) is 2.95. The van der Waals surface area contributed by atoms with Crippen LogP contribution in [0.25, 0.3) is 11.0 Å². The molecule has 0 aliphatic heterocycles. The molecule has 0 bridgehead atoms. The Kier molecular flexibility index (Phi) is 2.80. The Morgan fingerprint density at radius 1 is 1.17 bits per heavy atom. The van der Waals surface area contributed by atoms with Crippen LogP contribution in [0.3, 0.4) is 0 Å². The molecule has 3 aromatic rings. The molecule has 0 aliphatic rings. The quantitative estimate of drug-likeness (QED) is 0.734. The minimum absolute atomic E-state index is 0.709. The zero-order valence-corrected chi connectivity index (χ0v) is 10.8. The summed E-state index contributed by atoms with van der Waals surface area (Å²) in [5.41, 5.74) is 4.24. The van der Waals surface area contributed by atoms with E-state index >= 15 is 0 Å². The van der Waals surface area contributed by atoms with Gasteiger partial charge in [-0.2, -0.15) is 0 Å². The molecule has 1 aromatic heterocycles. The lowest BCUT2D eigenvalue weighted by Gasteiger charge is -1.96. The number of aromatic nitrogens is 2. The molecule has 90 valence electrons. The van der Waals surface area contributed by atoms with Crippen LogP contribution in [0.5, 0.6) is 0 Å². The van der Waals surface area contributed by atoms with E-state index in [2.05, 4.69) is 28.2 Å². The molecule has 2 nitrogen and oxygen atoms in total. The lowest BCUT2D eigenvalue weighted by atomic mass is 10.1. The first-order valence-corrected chi connectivity index (χ1v) is 6.29. The smallest absolute Gasteiger partial charge is 0.111 e. The Bertz CT molecular complexity index is 686. The van der Waals surface area contributed by atoms with E-state index in [1.54, 1.807) is 0 Å².